The molecule has 0 unspecified atom stereocenters. The number of rotatable bonds is 10. The van der Waals surface area contributed by atoms with Gasteiger partial charge in [0.25, 0.3) is 0 Å². The Balaban J connectivity index is 2.71. The van der Waals surface area contributed by atoms with Crippen LogP contribution < -0.4 is 9.47 Å². The number of ether oxygens (including phenoxy) is 4. The quantitative estimate of drug-likeness (QED) is 0.488. The highest BCUT2D eigenvalue weighted by Gasteiger charge is 2.12. The van der Waals surface area contributed by atoms with Gasteiger partial charge in [-0.2, -0.15) is 0 Å². The van der Waals surface area contributed by atoms with E-state index in [4.69, 9.17) is 18.9 Å². The van der Waals surface area contributed by atoms with Crippen molar-refractivity contribution in [3.05, 3.63) is 23.8 Å². The number of hydrogen-bond donors (Lipinski definition) is 0. The summed E-state index contributed by atoms with van der Waals surface area (Å²) in [5.74, 6) is 1.12. The molecule has 1 aromatic carbocycles. The van der Waals surface area contributed by atoms with Gasteiger partial charge in [-0.3, -0.25) is 4.79 Å². The molecule has 0 amide bonds. The molecule has 20 heavy (non-hydrogen) atoms. The molecule has 0 aliphatic carbocycles. The van der Waals surface area contributed by atoms with Crippen LogP contribution in [0.15, 0.2) is 18.2 Å². The summed E-state index contributed by atoms with van der Waals surface area (Å²) in [6, 6.07) is 5.05. The molecule has 0 bridgehead atoms. The zero-order valence-corrected chi connectivity index (χ0v) is 12.3. The summed E-state index contributed by atoms with van der Waals surface area (Å²) in [5, 5.41) is 0. The Labute approximate surface area is 119 Å². The number of benzene rings is 1. The summed E-state index contributed by atoms with van der Waals surface area (Å²) in [6.07, 6.45) is 0.361. The molecule has 5 heteroatoms. The third-order valence-corrected chi connectivity index (χ3v) is 2.48. The second kappa shape index (κ2) is 9.34. The van der Waals surface area contributed by atoms with Crippen LogP contribution in [-0.4, -0.2) is 39.0 Å². The fourth-order valence-electron chi connectivity index (χ4n) is 1.66. The maximum atomic E-state index is 10.8. The van der Waals surface area contributed by atoms with Crippen LogP contribution >= 0.6 is 0 Å². The smallest absolute Gasteiger partial charge is 0.191 e. The van der Waals surface area contributed by atoms with Crippen molar-refractivity contribution in [3.8, 4) is 11.5 Å². The van der Waals surface area contributed by atoms with Crippen LogP contribution in [-0.2, 0) is 9.47 Å². The van der Waals surface area contributed by atoms with Gasteiger partial charge in [0, 0.05) is 18.8 Å². The Kier molecular flexibility index (Phi) is 7.69. The Hall–Kier alpha value is -1.59. The van der Waals surface area contributed by atoms with Gasteiger partial charge in [-0.25, -0.2) is 0 Å². The highest BCUT2D eigenvalue weighted by atomic mass is 16.7. The first-order valence-corrected chi connectivity index (χ1v) is 6.83. The van der Waals surface area contributed by atoms with Crippen molar-refractivity contribution >= 4 is 6.29 Å². The van der Waals surface area contributed by atoms with Crippen molar-refractivity contribution in [2.24, 2.45) is 0 Å². The van der Waals surface area contributed by atoms with Gasteiger partial charge in [-0.1, -0.05) is 0 Å². The molecule has 0 saturated carbocycles. The van der Waals surface area contributed by atoms with E-state index in [9.17, 15) is 4.79 Å². The van der Waals surface area contributed by atoms with Crippen LogP contribution in [0.3, 0.4) is 0 Å². The van der Waals surface area contributed by atoms with Gasteiger partial charge < -0.3 is 18.9 Å². The van der Waals surface area contributed by atoms with Crippen molar-refractivity contribution in [1.82, 2.24) is 0 Å². The maximum Gasteiger partial charge on any atom is 0.191 e. The average molecular weight is 282 g/mol. The molecule has 0 aliphatic rings. The summed E-state index contributed by atoms with van der Waals surface area (Å²) >= 11 is 0. The lowest BCUT2D eigenvalue weighted by Crippen LogP contribution is -2.25. The predicted octanol–water partition coefficient (Wildman–Crippen LogP) is 2.68. The molecular formula is C15H22O5. The van der Waals surface area contributed by atoms with Gasteiger partial charge in [0.1, 0.15) is 12.9 Å². The summed E-state index contributed by atoms with van der Waals surface area (Å²) < 4.78 is 21.9. The van der Waals surface area contributed by atoms with E-state index in [1.807, 2.05) is 20.8 Å². The minimum Gasteiger partial charge on any atom is -0.490 e. The minimum atomic E-state index is -0.412. The zero-order valence-electron chi connectivity index (χ0n) is 12.3. The number of carbonyl (C=O) groups excluding carboxylic acids is 1. The molecule has 0 N–H and O–H groups in total. The van der Waals surface area contributed by atoms with Crippen molar-refractivity contribution in [1.29, 1.82) is 0 Å². The van der Waals surface area contributed by atoms with Crippen LogP contribution in [0.1, 0.15) is 31.1 Å². The standard InChI is InChI=1S/C15H22O5/c1-4-17-14-9-12(10-16)7-8-13(14)20-11-15(18-5-2)19-6-3/h7-10,15H,4-6,11H2,1-3H3. The van der Waals surface area contributed by atoms with Crippen molar-refractivity contribution in [2.45, 2.75) is 27.1 Å². The van der Waals surface area contributed by atoms with Gasteiger partial charge >= 0.3 is 0 Å². The lowest BCUT2D eigenvalue weighted by Gasteiger charge is -2.18. The van der Waals surface area contributed by atoms with Crippen LogP contribution in [0.25, 0.3) is 0 Å². The fourth-order valence-corrected chi connectivity index (χ4v) is 1.66. The van der Waals surface area contributed by atoms with Crippen molar-refractivity contribution in [3.63, 3.8) is 0 Å². The molecule has 0 heterocycles. The predicted molar refractivity (Wildman–Crippen MR) is 75.5 cm³/mol. The van der Waals surface area contributed by atoms with E-state index in [2.05, 4.69) is 0 Å². The number of aldehydes is 1. The van der Waals surface area contributed by atoms with Gasteiger partial charge in [0.2, 0.25) is 0 Å². The molecule has 1 rings (SSSR count). The molecule has 112 valence electrons. The van der Waals surface area contributed by atoms with Gasteiger partial charge in [-0.05, 0) is 39.0 Å². The molecule has 0 fully saturated rings. The summed E-state index contributed by atoms with van der Waals surface area (Å²) in [6.45, 7) is 7.54. The zero-order chi connectivity index (χ0) is 14.8. The van der Waals surface area contributed by atoms with E-state index in [0.29, 0.717) is 36.9 Å². The van der Waals surface area contributed by atoms with E-state index >= 15 is 0 Å². The van der Waals surface area contributed by atoms with Gasteiger partial charge in [0.15, 0.2) is 17.8 Å². The van der Waals surface area contributed by atoms with Gasteiger partial charge in [0.05, 0.1) is 6.61 Å². The largest absolute Gasteiger partial charge is 0.490 e. The second-order valence-corrected chi connectivity index (χ2v) is 3.91. The Bertz CT molecular complexity index is 399. The van der Waals surface area contributed by atoms with Crippen LogP contribution in [0.4, 0.5) is 0 Å². The maximum absolute atomic E-state index is 10.8. The van der Waals surface area contributed by atoms with Crippen LogP contribution in [0, 0.1) is 0 Å². The lowest BCUT2D eigenvalue weighted by molar-refractivity contribution is -0.152. The molecule has 0 aromatic heterocycles. The van der Waals surface area contributed by atoms with Crippen LogP contribution in [0.5, 0.6) is 11.5 Å². The van der Waals surface area contributed by atoms with Gasteiger partial charge in [-0.15, -0.1) is 0 Å². The first-order chi connectivity index (χ1) is 9.74. The fraction of sp³-hybridized carbons (Fsp3) is 0.533. The van der Waals surface area contributed by atoms with Crippen molar-refractivity contribution < 1.29 is 23.7 Å². The molecule has 0 spiro atoms. The summed E-state index contributed by atoms with van der Waals surface area (Å²) in [5.41, 5.74) is 0.548. The highest BCUT2D eigenvalue weighted by molar-refractivity contribution is 5.76. The Morgan fingerprint density at radius 1 is 1.00 bits per heavy atom. The van der Waals surface area contributed by atoms with E-state index < -0.39 is 6.29 Å². The first kappa shape index (κ1) is 16.5. The Morgan fingerprint density at radius 3 is 2.25 bits per heavy atom. The first-order valence-electron chi connectivity index (χ1n) is 6.83. The van der Waals surface area contributed by atoms with E-state index in [1.165, 1.54) is 0 Å². The molecule has 5 nitrogen and oxygen atoms in total. The van der Waals surface area contributed by atoms with E-state index in [0.717, 1.165) is 6.29 Å². The third kappa shape index (κ3) is 5.19. The average Bonchev–Trinajstić information content (AvgIpc) is 2.46. The summed E-state index contributed by atoms with van der Waals surface area (Å²) in [4.78, 5) is 10.8. The van der Waals surface area contributed by atoms with E-state index in [-0.39, 0.29) is 6.61 Å². The Morgan fingerprint density at radius 2 is 1.70 bits per heavy atom. The number of carbonyl (C=O) groups is 1. The molecule has 0 atom stereocenters. The van der Waals surface area contributed by atoms with E-state index in [1.54, 1.807) is 18.2 Å². The molecule has 1 aromatic rings. The van der Waals surface area contributed by atoms with Crippen molar-refractivity contribution in [2.75, 3.05) is 26.4 Å². The molecular weight excluding hydrogens is 260 g/mol. The van der Waals surface area contributed by atoms with Crippen LogP contribution in [0.2, 0.25) is 0 Å². The SMILES string of the molecule is CCOc1cc(C=O)ccc1OCC(OCC)OCC. The third-order valence-electron chi connectivity index (χ3n) is 2.48. The normalized spacial score (nSPS) is 10.6. The second-order valence-electron chi connectivity index (χ2n) is 3.91. The highest BCUT2D eigenvalue weighted by Crippen LogP contribution is 2.28. The minimum absolute atomic E-state index is 0.266. The summed E-state index contributed by atoms with van der Waals surface area (Å²) in [7, 11) is 0. The monoisotopic (exact) mass is 282 g/mol. The lowest BCUT2D eigenvalue weighted by atomic mass is 10.2. The number of hydrogen-bond acceptors (Lipinski definition) is 5. The topological polar surface area (TPSA) is 54.0 Å². The molecule has 0 aliphatic heterocycles. The molecule has 0 saturated heterocycles. The molecule has 0 radical (unpaired) electrons.